The van der Waals surface area contributed by atoms with Crippen molar-refractivity contribution < 1.29 is 14.2 Å². The zero-order valence-corrected chi connectivity index (χ0v) is 16.3. The zero-order valence-electron chi connectivity index (χ0n) is 16.3. The van der Waals surface area contributed by atoms with Gasteiger partial charge in [-0.05, 0) is 42.3 Å². The second kappa shape index (κ2) is 11.8. The van der Waals surface area contributed by atoms with Crippen molar-refractivity contribution in [3.05, 3.63) is 59.7 Å². The molecule has 0 aliphatic rings. The minimum Gasteiger partial charge on any atom is -0.497 e. The average molecular weight is 371 g/mol. The summed E-state index contributed by atoms with van der Waals surface area (Å²) in [4.78, 5) is 4.66. The molecule has 0 aliphatic carbocycles. The Morgan fingerprint density at radius 3 is 2.41 bits per heavy atom. The Morgan fingerprint density at radius 2 is 1.67 bits per heavy atom. The largest absolute Gasteiger partial charge is 0.497 e. The number of nitrogens with zero attached hydrogens (tertiary/aromatic N) is 1. The van der Waals surface area contributed by atoms with Crippen LogP contribution in [-0.4, -0.2) is 39.9 Å². The molecule has 0 bridgehead atoms. The summed E-state index contributed by atoms with van der Waals surface area (Å²) < 4.78 is 15.9. The van der Waals surface area contributed by atoms with Crippen LogP contribution in [0.3, 0.4) is 0 Å². The van der Waals surface area contributed by atoms with E-state index in [9.17, 15) is 0 Å². The van der Waals surface area contributed by atoms with E-state index >= 15 is 0 Å². The summed E-state index contributed by atoms with van der Waals surface area (Å²) in [6, 6.07) is 15.9. The van der Waals surface area contributed by atoms with Gasteiger partial charge in [-0.25, -0.2) is 4.99 Å². The third-order valence-electron chi connectivity index (χ3n) is 3.81. The molecular formula is C21H29N3O3. The molecular weight excluding hydrogens is 342 g/mol. The number of methoxy groups -OCH3 is 2. The first-order chi connectivity index (χ1) is 13.2. The first-order valence-electron chi connectivity index (χ1n) is 9.11. The number of hydrogen-bond donors (Lipinski definition) is 2. The Bertz CT molecular complexity index is 719. The molecule has 0 amide bonds. The van der Waals surface area contributed by atoms with Gasteiger partial charge < -0.3 is 24.8 Å². The Morgan fingerprint density at radius 1 is 0.926 bits per heavy atom. The van der Waals surface area contributed by atoms with E-state index in [0.717, 1.165) is 35.1 Å². The molecule has 2 N–H and O–H groups in total. The van der Waals surface area contributed by atoms with Gasteiger partial charge >= 0.3 is 0 Å². The summed E-state index contributed by atoms with van der Waals surface area (Å²) in [5.74, 6) is 2.45. The first-order valence-corrected chi connectivity index (χ1v) is 9.11. The molecule has 0 aromatic heterocycles. The van der Waals surface area contributed by atoms with Gasteiger partial charge in [-0.1, -0.05) is 24.3 Å². The van der Waals surface area contributed by atoms with Crippen molar-refractivity contribution in [2.75, 3.05) is 34.0 Å². The Labute approximate surface area is 161 Å². The maximum atomic E-state index is 5.65. The second-order valence-electron chi connectivity index (χ2n) is 5.89. The summed E-state index contributed by atoms with van der Waals surface area (Å²) in [5.41, 5.74) is 2.22. The molecule has 0 unspecified atom stereocenters. The molecule has 2 rings (SSSR count). The Hall–Kier alpha value is -2.73. The van der Waals surface area contributed by atoms with Crippen molar-refractivity contribution in [2.24, 2.45) is 4.99 Å². The molecule has 0 aliphatic heterocycles. The van der Waals surface area contributed by atoms with Gasteiger partial charge in [0.2, 0.25) is 0 Å². The van der Waals surface area contributed by atoms with E-state index < -0.39 is 0 Å². The quantitative estimate of drug-likeness (QED) is 0.382. The standard InChI is InChI=1S/C21H29N3O3/c1-4-22-21(23-15-17-7-5-9-19(13-17)26-3)24-16-18-8-6-10-20(14-18)27-12-11-25-2/h5-10,13-14H,4,11-12,15-16H2,1-3H3,(H2,22,23,24). The predicted molar refractivity (Wildman–Crippen MR) is 108 cm³/mol. The molecule has 27 heavy (non-hydrogen) atoms. The highest BCUT2D eigenvalue weighted by molar-refractivity contribution is 5.79. The van der Waals surface area contributed by atoms with Crippen molar-refractivity contribution in [3.63, 3.8) is 0 Å². The van der Waals surface area contributed by atoms with Crippen LogP contribution >= 0.6 is 0 Å². The molecule has 0 fully saturated rings. The van der Waals surface area contributed by atoms with Crippen molar-refractivity contribution in [3.8, 4) is 11.5 Å². The van der Waals surface area contributed by atoms with E-state index in [4.69, 9.17) is 14.2 Å². The topological polar surface area (TPSA) is 64.1 Å². The van der Waals surface area contributed by atoms with Crippen molar-refractivity contribution >= 4 is 5.96 Å². The van der Waals surface area contributed by atoms with Crippen LogP contribution in [-0.2, 0) is 17.8 Å². The first kappa shape index (κ1) is 20.6. The minimum atomic E-state index is 0.536. The van der Waals surface area contributed by atoms with Gasteiger partial charge in [0.1, 0.15) is 18.1 Å². The van der Waals surface area contributed by atoms with Crippen LogP contribution in [0.2, 0.25) is 0 Å². The predicted octanol–water partition coefficient (Wildman–Crippen LogP) is 2.98. The number of guanidine groups is 1. The molecule has 2 aromatic carbocycles. The maximum absolute atomic E-state index is 5.65. The van der Waals surface area contributed by atoms with Crippen LogP contribution in [0.5, 0.6) is 11.5 Å². The zero-order chi connectivity index (χ0) is 19.3. The Balaban J connectivity index is 1.95. The summed E-state index contributed by atoms with van der Waals surface area (Å²) in [7, 11) is 3.33. The molecule has 0 radical (unpaired) electrons. The number of hydrogen-bond acceptors (Lipinski definition) is 4. The van der Waals surface area contributed by atoms with Crippen molar-refractivity contribution in [1.29, 1.82) is 0 Å². The third-order valence-corrected chi connectivity index (χ3v) is 3.81. The average Bonchev–Trinajstić information content (AvgIpc) is 2.71. The lowest BCUT2D eigenvalue weighted by atomic mass is 10.2. The van der Waals surface area contributed by atoms with Gasteiger partial charge in [-0.3, -0.25) is 0 Å². The fourth-order valence-corrected chi connectivity index (χ4v) is 2.46. The number of nitrogens with one attached hydrogen (secondary N) is 2. The summed E-state index contributed by atoms with van der Waals surface area (Å²) >= 11 is 0. The van der Waals surface area contributed by atoms with Crippen LogP contribution in [0.4, 0.5) is 0 Å². The number of rotatable bonds is 10. The highest BCUT2D eigenvalue weighted by Crippen LogP contribution is 2.14. The lowest BCUT2D eigenvalue weighted by molar-refractivity contribution is 0.146. The summed E-state index contributed by atoms with van der Waals surface area (Å²) in [6.07, 6.45) is 0. The van der Waals surface area contributed by atoms with Gasteiger partial charge in [0, 0.05) is 20.2 Å². The normalized spacial score (nSPS) is 11.1. The van der Waals surface area contributed by atoms with Crippen LogP contribution in [0.15, 0.2) is 53.5 Å². The molecule has 0 saturated heterocycles. The highest BCUT2D eigenvalue weighted by Gasteiger charge is 2.01. The maximum Gasteiger partial charge on any atom is 0.191 e. The Kier molecular flexibility index (Phi) is 9.00. The molecule has 2 aromatic rings. The fraction of sp³-hybridized carbons (Fsp3) is 0.381. The van der Waals surface area contributed by atoms with Gasteiger partial charge in [0.05, 0.1) is 20.3 Å². The van der Waals surface area contributed by atoms with E-state index in [2.05, 4.69) is 21.7 Å². The molecule has 0 atom stereocenters. The van der Waals surface area contributed by atoms with E-state index in [1.54, 1.807) is 14.2 Å². The number of benzene rings is 2. The number of aliphatic imine (C=N–C) groups is 1. The second-order valence-corrected chi connectivity index (χ2v) is 5.89. The van der Waals surface area contributed by atoms with Gasteiger partial charge in [0.15, 0.2) is 5.96 Å². The van der Waals surface area contributed by atoms with Crippen LogP contribution in [0.1, 0.15) is 18.1 Å². The monoisotopic (exact) mass is 371 g/mol. The summed E-state index contributed by atoms with van der Waals surface area (Å²) in [5, 5.41) is 6.62. The van der Waals surface area contributed by atoms with E-state index in [1.807, 2.05) is 49.4 Å². The van der Waals surface area contributed by atoms with Crippen molar-refractivity contribution in [1.82, 2.24) is 10.6 Å². The molecule has 146 valence electrons. The van der Waals surface area contributed by atoms with Crippen LogP contribution in [0.25, 0.3) is 0 Å². The van der Waals surface area contributed by atoms with Crippen LogP contribution in [0, 0.1) is 0 Å². The minimum absolute atomic E-state index is 0.536. The molecule has 0 spiro atoms. The molecule has 6 heteroatoms. The lowest BCUT2D eigenvalue weighted by Crippen LogP contribution is -2.36. The molecule has 0 heterocycles. The molecule has 0 saturated carbocycles. The van der Waals surface area contributed by atoms with Gasteiger partial charge in [-0.2, -0.15) is 0 Å². The fourth-order valence-electron chi connectivity index (χ4n) is 2.46. The van der Waals surface area contributed by atoms with Gasteiger partial charge in [-0.15, -0.1) is 0 Å². The summed E-state index contributed by atoms with van der Waals surface area (Å²) in [6.45, 7) is 5.18. The number of ether oxygens (including phenoxy) is 3. The van der Waals surface area contributed by atoms with E-state index in [0.29, 0.717) is 26.3 Å². The van der Waals surface area contributed by atoms with E-state index in [-0.39, 0.29) is 0 Å². The van der Waals surface area contributed by atoms with Crippen molar-refractivity contribution in [2.45, 2.75) is 20.0 Å². The van der Waals surface area contributed by atoms with Gasteiger partial charge in [0.25, 0.3) is 0 Å². The third kappa shape index (κ3) is 7.58. The van der Waals surface area contributed by atoms with Crippen LogP contribution < -0.4 is 20.1 Å². The highest BCUT2D eigenvalue weighted by atomic mass is 16.5. The lowest BCUT2D eigenvalue weighted by Gasteiger charge is -2.12. The smallest absolute Gasteiger partial charge is 0.191 e. The molecule has 6 nitrogen and oxygen atoms in total. The SMILES string of the molecule is CCNC(=NCc1cccc(OCCOC)c1)NCc1cccc(OC)c1. The van der Waals surface area contributed by atoms with E-state index in [1.165, 1.54) is 0 Å².